The Balaban J connectivity index is 2.70. The number of carbonyl (C=O) groups is 1. The first kappa shape index (κ1) is 16.5. The molecule has 0 aromatic carbocycles. The number of amides is 1. The third kappa shape index (κ3) is 4.83. The van der Waals surface area contributed by atoms with Crippen molar-refractivity contribution in [3.8, 4) is 0 Å². The average Bonchev–Trinajstić information content (AvgIpc) is 2.37. The number of pyridine rings is 1. The number of aromatic nitrogens is 1. The van der Waals surface area contributed by atoms with Crippen molar-refractivity contribution in [3.63, 3.8) is 0 Å². The first-order chi connectivity index (χ1) is 9.34. The lowest BCUT2D eigenvalue weighted by Gasteiger charge is -2.09. The summed E-state index contributed by atoms with van der Waals surface area (Å²) in [4.78, 5) is 14.3. The van der Waals surface area contributed by atoms with Crippen LogP contribution < -0.4 is 16.2 Å². The highest BCUT2D eigenvalue weighted by molar-refractivity contribution is 7.89. The summed E-state index contributed by atoms with van der Waals surface area (Å²) in [7, 11) is -3.73. The maximum atomic E-state index is 12.1. The summed E-state index contributed by atoms with van der Waals surface area (Å²) in [5, 5.41) is 0. The Morgan fingerprint density at radius 2 is 2.05 bits per heavy atom. The van der Waals surface area contributed by atoms with Crippen LogP contribution in [0.4, 0.5) is 0 Å². The monoisotopic (exact) mass is 316 g/mol. The molecule has 0 aliphatic heterocycles. The number of unbranched alkanes of at least 4 members (excludes halogenated alkanes) is 1. The van der Waals surface area contributed by atoms with Gasteiger partial charge in [-0.3, -0.25) is 9.78 Å². The number of carbonyl (C=O) groups excluding carboxylic acids is 1. The Morgan fingerprint density at radius 3 is 2.65 bits per heavy atom. The predicted molar refractivity (Wildman–Crippen MR) is 78.4 cm³/mol. The Labute approximate surface area is 122 Å². The van der Waals surface area contributed by atoms with Crippen molar-refractivity contribution in [2.24, 2.45) is 11.5 Å². The van der Waals surface area contributed by atoms with Crippen LogP contribution >= 0.6 is 12.2 Å². The predicted octanol–water partition coefficient (Wildman–Crippen LogP) is -0.350. The van der Waals surface area contributed by atoms with Gasteiger partial charge in [0.15, 0.2) is 0 Å². The van der Waals surface area contributed by atoms with E-state index in [2.05, 4.69) is 9.71 Å². The third-order valence-corrected chi connectivity index (χ3v) is 4.12. The van der Waals surface area contributed by atoms with E-state index in [4.69, 9.17) is 23.7 Å². The number of thiocarbonyl (C=S) groups is 1. The molecule has 1 aromatic rings. The average molecular weight is 316 g/mol. The zero-order chi connectivity index (χ0) is 15.2. The van der Waals surface area contributed by atoms with Gasteiger partial charge in [-0.15, -0.1) is 0 Å². The van der Waals surface area contributed by atoms with Gasteiger partial charge in [-0.2, -0.15) is 0 Å². The second kappa shape index (κ2) is 7.27. The zero-order valence-corrected chi connectivity index (χ0v) is 12.3. The van der Waals surface area contributed by atoms with Gasteiger partial charge in [0, 0.05) is 19.2 Å². The van der Waals surface area contributed by atoms with Gasteiger partial charge in [-0.25, -0.2) is 13.1 Å². The van der Waals surface area contributed by atoms with E-state index in [0.717, 1.165) is 0 Å². The second-order valence-corrected chi connectivity index (χ2v) is 6.21. The van der Waals surface area contributed by atoms with Crippen molar-refractivity contribution in [1.82, 2.24) is 9.71 Å². The van der Waals surface area contributed by atoms with Gasteiger partial charge < -0.3 is 11.5 Å². The molecule has 7 nitrogen and oxygen atoms in total. The topological polar surface area (TPSA) is 128 Å². The standard InChI is InChI=1S/C11H16N4O3S2/c12-9(16)5-1-2-7-15-20(17,18)8-4-3-6-14-10(8)11(13)19/h3-4,6,15H,1-2,5,7H2,(H2,12,16)(H2,13,19). The molecular weight excluding hydrogens is 300 g/mol. The van der Waals surface area contributed by atoms with Gasteiger partial charge >= 0.3 is 0 Å². The molecule has 1 rings (SSSR count). The normalized spacial score (nSPS) is 11.2. The van der Waals surface area contributed by atoms with Gasteiger partial charge in [0.1, 0.15) is 15.6 Å². The molecule has 20 heavy (non-hydrogen) atoms. The highest BCUT2D eigenvalue weighted by Crippen LogP contribution is 2.12. The highest BCUT2D eigenvalue weighted by Gasteiger charge is 2.19. The molecule has 1 heterocycles. The van der Waals surface area contributed by atoms with Gasteiger partial charge in [0.2, 0.25) is 15.9 Å². The summed E-state index contributed by atoms with van der Waals surface area (Å²) in [6.45, 7) is 0.196. The molecule has 0 bridgehead atoms. The fraction of sp³-hybridized carbons (Fsp3) is 0.364. The fourth-order valence-corrected chi connectivity index (χ4v) is 2.97. The number of primary amides is 1. The summed E-state index contributed by atoms with van der Waals surface area (Å²) in [6.07, 6.45) is 2.67. The first-order valence-electron chi connectivity index (χ1n) is 5.87. The Bertz CT molecular complexity index is 601. The quantitative estimate of drug-likeness (QED) is 0.444. The number of rotatable bonds is 8. The molecule has 0 saturated carbocycles. The van der Waals surface area contributed by atoms with Crippen molar-refractivity contribution in [3.05, 3.63) is 24.0 Å². The number of nitrogens with two attached hydrogens (primary N) is 2. The molecule has 0 aliphatic rings. The second-order valence-electron chi connectivity index (χ2n) is 4.04. The van der Waals surface area contributed by atoms with Crippen LogP contribution in [-0.2, 0) is 14.8 Å². The Hall–Kier alpha value is -1.58. The van der Waals surface area contributed by atoms with E-state index >= 15 is 0 Å². The summed E-state index contributed by atoms with van der Waals surface area (Å²) < 4.78 is 26.6. The molecule has 9 heteroatoms. The number of hydrogen-bond donors (Lipinski definition) is 3. The highest BCUT2D eigenvalue weighted by atomic mass is 32.2. The van der Waals surface area contributed by atoms with Gasteiger partial charge in [0.25, 0.3) is 0 Å². The molecule has 0 atom stereocenters. The number of hydrogen-bond acceptors (Lipinski definition) is 5. The molecule has 1 amide bonds. The van der Waals surface area contributed by atoms with Crippen LogP contribution in [0.1, 0.15) is 25.0 Å². The van der Waals surface area contributed by atoms with Crippen LogP contribution in [0.5, 0.6) is 0 Å². The maximum Gasteiger partial charge on any atom is 0.242 e. The first-order valence-corrected chi connectivity index (χ1v) is 7.76. The molecule has 0 unspecified atom stereocenters. The Kier molecular flexibility index (Phi) is 5.99. The minimum atomic E-state index is -3.73. The summed E-state index contributed by atoms with van der Waals surface area (Å²) in [5.41, 5.74) is 10.5. The molecule has 0 fully saturated rings. The smallest absolute Gasteiger partial charge is 0.242 e. The molecule has 0 aliphatic carbocycles. The fourth-order valence-electron chi connectivity index (χ4n) is 1.50. The van der Waals surface area contributed by atoms with E-state index in [-0.39, 0.29) is 28.5 Å². The molecular formula is C11H16N4O3S2. The van der Waals surface area contributed by atoms with Gasteiger partial charge in [-0.05, 0) is 25.0 Å². The summed E-state index contributed by atoms with van der Waals surface area (Å²) in [5.74, 6) is -0.407. The lowest BCUT2D eigenvalue weighted by Crippen LogP contribution is -2.28. The lowest BCUT2D eigenvalue weighted by molar-refractivity contribution is -0.118. The number of sulfonamides is 1. The molecule has 5 N–H and O–H groups in total. The molecule has 0 radical (unpaired) electrons. The zero-order valence-electron chi connectivity index (χ0n) is 10.7. The SMILES string of the molecule is NC(=O)CCCCNS(=O)(=O)c1cccnc1C(N)=S. The van der Waals surface area contributed by atoms with E-state index in [0.29, 0.717) is 12.8 Å². The van der Waals surface area contributed by atoms with Crippen molar-refractivity contribution < 1.29 is 13.2 Å². The third-order valence-electron chi connectivity index (χ3n) is 2.44. The molecule has 0 saturated heterocycles. The maximum absolute atomic E-state index is 12.1. The van der Waals surface area contributed by atoms with E-state index in [1.54, 1.807) is 0 Å². The van der Waals surface area contributed by atoms with Crippen LogP contribution in [0.3, 0.4) is 0 Å². The minimum Gasteiger partial charge on any atom is -0.388 e. The number of nitrogens with one attached hydrogen (secondary N) is 1. The lowest BCUT2D eigenvalue weighted by atomic mass is 10.2. The van der Waals surface area contributed by atoms with Crippen LogP contribution in [0.2, 0.25) is 0 Å². The van der Waals surface area contributed by atoms with Gasteiger partial charge in [0.05, 0.1) is 0 Å². The minimum absolute atomic E-state index is 0.0533. The van der Waals surface area contributed by atoms with E-state index in [1.165, 1.54) is 18.3 Å². The van der Waals surface area contributed by atoms with Gasteiger partial charge in [-0.1, -0.05) is 12.2 Å². The van der Waals surface area contributed by atoms with E-state index in [1.807, 2.05) is 0 Å². The van der Waals surface area contributed by atoms with Crippen LogP contribution in [0, 0.1) is 0 Å². The Morgan fingerprint density at radius 1 is 1.35 bits per heavy atom. The van der Waals surface area contributed by atoms with Crippen LogP contribution in [0.15, 0.2) is 23.2 Å². The van der Waals surface area contributed by atoms with Crippen molar-refractivity contribution in [2.75, 3.05) is 6.54 Å². The van der Waals surface area contributed by atoms with Crippen molar-refractivity contribution in [1.29, 1.82) is 0 Å². The van der Waals surface area contributed by atoms with Crippen molar-refractivity contribution in [2.45, 2.75) is 24.2 Å². The molecule has 1 aromatic heterocycles. The number of nitrogens with zero attached hydrogens (tertiary/aromatic N) is 1. The van der Waals surface area contributed by atoms with Crippen molar-refractivity contribution >= 4 is 33.1 Å². The largest absolute Gasteiger partial charge is 0.388 e. The summed E-state index contributed by atoms with van der Waals surface area (Å²) >= 11 is 4.77. The van der Waals surface area contributed by atoms with Crippen LogP contribution in [-0.4, -0.2) is 30.8 Å². The summed E-state index contributed by atoms with van der Waals surface area (Å²) in [6, 6.07) is 2.87. The molecule has 110 valence electrons. The van der Waals surface area contributed by atoms with E-state index < -0.39 is 15.9 Å². The molecule has 0 spiro atoms. The van der Waals surface area contributed by atoms with E-state index in [9.17, 15) is 13.2 Å². The van der Waals surface area contributed by atoms with Crippen LogP contribution in [0.25, 0.3) is 0 Å².